The molecule has 1 aromatic rings. The predicted molar refractivity (Wildman–Crippen MR) is 97.1 cm³/mol. The lowest BCUT2D eigenvalue weighted by molar-refractivity contribution is -0.158. The number of carbonyl (C=O) groups excluding carboxylic acids is 3. The minimum atomic E-state index is -1.07. The molecule has 1 heterocycles. The first-order valence-corrected chi connectivity index (χ1v) is 10.3. The monoisotopic (exact) mass is 458 g/mol. The molecule has 2 bridgehead atoms. The van der Waals surface area contributed by atoms with Crippen LogP contribution in [0.5, 0.6) is 0 Å². The van der Waals surface area contributed by atoms with Gasteiger partial charge in [0.15, 0.2) is 6.10 Å². The Labute approximate surface area is 168 Å². The molecule has 1 aliphatic heterocycles. The smallest absolute Gasteiger partial charge is 0.310 e. The Morgan fingerprint density at radius 2 is 2.00 bits per heavy atom. The van der Waals surface area contributed by atoms with Crippen molar-refractivity contribution in [1.82, 2.24) is 0 Å². The molecule has 0 radical (unpaired) electrons. The summed E-state index contributed by atoms with van der Waals surface area (Å²) in [4.78, 5) is 37.7. The lowest BCUT2D eigenvalue weighted by Gasteiger charge is -2.28. The molecule has 7 atom stereocenters. The SMILES string of the molecule is O=C(O[C@@H](CCCl)C(=O)c1ccc(F)cc1)[C@@H]1[C@H]2C[C@H]3[C@H](OC(=O)[C@@H]31)[C@H]2Br. The van der Waals surface area contributed by atoms with E-state index in [1.165, 1.54) is 24.3 Å². The third-order valence-electron chi connectivity index (χ3n) is 5.85. The summed E-state index contributed by atoms with van der Waals surface area (Å²) >= 11 is 9.33. The standard InChI is InChI=1S/C19H17BrClFO5/c20-15-10-7-11-14(19(25)27-17(11)15)13(10)18(24)26-12(5-6-21)16(23)8-1-3-9(22)4-2-8/h1-4,10-15,17H,5-7H2/t10-,11-,12+,13-,14+,15+,17+/m1/s1. The maximum atomic E-state index is 13.1. The molecule has 27 heavy (non-hydrogen) atoms. The van der Waals surface area contributed by atoms with Crippen LogP contribution in [0.25, 0.3) is 0 Å². The van der Waals surface area contributed by atoms with Crippen molar-refractivity contribution in [1.29, 1.82) is 0 Å². The number of hydrogen-bond donors (Lipinski definition) is 0. The van der Waals surface area contributed by atoms with E-state index in [-0.39, 0.29) is 46.6 Å². The second-order valence-corrected chi connectivity index (χ2v) is 8.67. The average molecular weight is 460 g/mol. The second-order valence-electron chi connectivity index (χ2n) is 7.24. The molecule has 1 saturated heterocycles. The number of alkyl halides is 2. The maximum Gasteiger partial charge on any atom is 0.310 e. The van der Waals surface area contributed by atoms with Crippen LogP contribution in [-0.4, -0.2) is 40.6 Å². The molecule has 2 aliphatic carbocycles. The van der Waals surface area contributed by atoms with E-state index in [9.17, 15) is 18.8 Å². The van der Waals surface area contributed by atoms with Crippen LogP contribution >= 0.6 is 27.5 Å². The number of hydrogen-bond acceptors (Lipinski definition) is 5. The summed E-state index contributed by atoms with van der Waals surface area (Å²) in [5.74, 6) is -2.87. The van der Waals surface area contributed by atoms with E-state index in [0.717, 1.165) is 6.42 Å². The zero-order chi connectivity index (χ0) is 19.3. The molecule has 0 unspecified atom stereocenters. The highest BCUT2D eigenvalue weighted by atomic mass is 79.9. The molecular weight excluding hydrogens is 443 g/mol. The fourth-order valence-corrected chi connectivity index (χ4v) is 5.90. The lowest BCUT2D eigenvalue weighted by Crippen LogP contribution is -2.41. The highest BCUT2D eigenvalue weighted by molar-refractivity contribution is 9.09. The van der Waals surface area contributed by atoms with Gasteiger partial charge in [0.2, 0.25) is 5.78 Å². The number of benzene rings is 1. The van der Waals surface area contributed by atoms with Gasteiger partial charge in [0.05, 0.1) is 16.7 Å². The van der Waals surface area contributed by atoms with E-state index in [2.05, 4.69) is 15.9 Å². The van der Waals surface area contributed by atoms with Crippen LogP contribution < -0.4 is 0 Å². The van der Waals surface area contributed by atoms with Crippen molar-refractivity contribution in [3.63, 3.8) is 0 Å². The summed E-state index contributed by atoms with van der Waals surface area (Å²) in [6.45, 7) is 0. The van der Waals surface area contributed by atoms with Gasteiger partial charge in [0.25, 0.3) is 0 Å². The Morgan fingerprint density at radius 1 is 1.30 bits per heavy atom. The van der Waals surface area contributed by atoms with Crippen molar-refractivity contribution in [2.75, 3.05) is 5.88 Å². The minimum Gasteiger partial charge on any atom is -0.461 e. The molecule has 144 valence electrons. The van der Waals surface area contributed by atoms with Gasteiger partial charge in [-0.3, -0.25) is 14.4 Å². The summed E-state index contributed by atoms with van der Waals surface area (Å²) in [7, 11) is 0. The normalized spacial score (nSPS) is 34.4. The van der Waals surface area contributed by atoms with Gasteiger partial charge in [-0.2, -0.15) is 0 Å². The van der Waals surface area contributed by atoms with Gasteiger partial charge >= 0.3 is 11.9 Å². The first-order valence-electron chi connectivity index (χ1n) is 8.83. The number of esters is 2. The van der Waals surface area contributed by atoms with Gasteiger partial charge in [0, 0.05) is 23.8 Å². The Bertz CT molecular complexity index is 785. The van der Waals surface area contributed by atoms with Crippen LogP contribution in [0.3, 0.4) is 0 Å². The van der Waals surface area contributed by atoms with Gasteiger partial charge in [-0.15, -0.1) is 11.6 Å². The maximum absolute atomic E-state index is 13.1. The van der Waals surface area contributed by atoms with Crippen LogP contribution in [0, 0.1) is 29.5 Å². The molecule has 4 rings (SSSR count). The lowest BCUT2D eigenvalue weighted by atomic mass is 9.80. The van der Waals surface area contributed by atoms with Gasteiger partial charge in [-0.1, -0.05) is 15.9 Å². The van der Waals surface area contributed by atoms with Gasteiger partial charge in [0.1, 0.15) is 11.9 Å². The Kier molecular flexibility index (Phi) is 5.01. The van der Waals surface area contributed by atoms with Crippen molar-refractivity contribution in [2.24, 2.45) is 23.7 Å². The average Bonchev–Trinajstić information content (AvgIpc) is 3.25. The number of fused-ring (bicyclic) bond motifs is 1. The van der Waals surface area contributed by atoms with E-state index in [1.54, 1.807) is 0 Å². The molecule has 5 nitrogen and oxygen atoms in total. The first kappa shape index (κ1) is 18.9. The van der Waals surface area contributed by atoms with Gasteiger partial charge < -0.3 is 9.47 Å². The number of carbonyl (C=O) groups is 3. The molecular formula is C19H17BrClFO5. The predicted octanol–water partition coefficient (Wildman–Crippen LogP) is 3.12. The molecule has 8 heteroatoms. The highest BCUT2D eigenvalue weighted by Crippen LogP contribution is 2.60. The second kappa shape index (κ2) is 7.17. The van der Waals surface area contributed by atoms with Crippen LogP contribution in [0.4, 0.5) is 4.39 Å². The van der Waals surface area contributed by atoms with Crippen LogP contribution in [0.2, 0.25) is 0 Å². The van der Waals surface area contributed by atoms with E-state index in [4.69, 9.17) is 21.1 Å². The summed E-state index contributed by atoms with van der Waals surface area (Å²) in [5, 5.41) is 0. The largest absolute Gasteiger partial charge is 0.461 e. The van der Waals surface area contributed by atoms with Crippen molar-refractivity contribution >= 4 is 45.3 Å². The minimum absolute atomic E-state index is 0.0173. The number of ether oxygens (including phenoxy) is 2. The number of halogens is 3. The Hall–Kier alpha value is -1.47. The van der Waals surface area contributed by atoms with Gasteiger partial charge in [-0.05, 0) is 36.6 Å². The van der Waals surface area contributed by atoms with Crippen molar-refractivity contribution in [3.8, 4) is 0 Å². The topological polar surface area (TPSA) is 69.7 Å². The number of Topliss-reactive ketones (excluding diaryl/α,β-unsaturated/α-hetero) is 1. The quantitative estimate of drug-likeness (QED) is 0.371. The fourth-order valence-electron chi connectivity index (χ4n) is 4.66. The zero-order valence-corrected chi connectivity index (χ0v) is 16.5. The molecule has 0 amide bonds. The third-order valence-corrected chi connectivity index (χ3v) is 7.26. The molecule has 3 fully saturated rings. The van der Waals surface area contributed by atoms with Crippen LogP contribution in [0.15, 0.2) is 24.3 Å². The van der Waals surface area contributed by atoms with Gasteiger partial charge in [-0.25, -0.2) is 4.39 Å². The number of ketones is 1. The van der Waals surface area contributed by atoms with E-state index in [0.29, 0.717) is 0 Å². The third kappa shape index (κ3) is 3.09. The Morgan fingerprint density at radius 3 is 2.67 bits per heavy atom. The van der Waals surface area contributed by atoms with Crippen LogP contribution in [0.1, 0.15) is 23.2 Å². The molecule has 3 aliphatic rings. The summed E-state index contributed by atoms with van der Waals surface area (Å²) in [6.07, 6.45) is -0.388. The summed E-state index contributed by atoms with van der Waals surface area (Å²) in [5.41, 5.74) is 0.242. The van der Waals surface area contributed by atoms with Crippen LogP contribution in [-0.2, 0) is 19.1 Å². The Balaban J connectivity index is 1.52. The molecule has 0 spiro atoms. The van der Waals surface area contributed by atoms with E-state index in [1.807, 2.05) is 0 Å². The van der Waals surface area contributed by atoms with E-state index >= 15 is 0 Å². The van der Waals surface area contributed by atoms with Crippen molar-refractivity contribution in [2.45, 2.75) is 29.9 Å². The molecule has 0 N–H and O–H groups in total. The number of rotatable bonds is 6. The van der Waals surface area contributed by atoms with E-state index < -0.39 is 35.5 Å². The summed E-state index contributed by atoms with van der Waals surface area (Å²) in [6, 6.07) is 5.04. The highest BCUT2D eigenvalue weighted by Gasteiger charge is 2.68. The molecule has 0 aromatic heterocycles. The first-order chi connectivity index (χ1) is 12.9. The molecule has 2 saturated carbocycles. The van der Waals surface area contributed by atoms with Crippen molar-refractivity contribution in [3.05, 3.63) is 35.6 Å². The fraction of sp³-hybridized carbons (Fsp3) is 0.526. The van der Waals surface area contributed by atoms with Crippen molar-refractivity contribution < 1.29 is 28.2 Å². The zero-order valence-electron chi connectivity index (χ0n) is 14.1. The molecule has 1 aromatic carbocycles. The summed E-state index contributed by atoms with van der Waals surface area (Å²) < 4.78 is 24.0.